The Kier molecular flexibility index (Phi) is 3.75. The summed E-state index contributed by atoms with van der Waals surface area (Å²) < 4.78 is 0. The van der Waals surface area contributed by atoms with Crippen LogP contribution in [-0.2, 0) is 0 Å². The fourth-order valence-corrected chi connectivity index (χ4v) is 2.45. The van der Waals surface area contributed by atoms with Crippen molar-refractivity contribution < 1.29 is 0 Å². The van der Waals surface area contributed by atoms with Gasteiger partial charge in [0.15, 0.2) is 0 Å². The molecule has 3 heteroatoms. The van der Waals surface area contributed by atoms with Crippen molar-refractivity contribution >= 4 is 0 Å². The molecular formula is C10H21N3. The van der Waals surface area contributed by atoms with Gasteiger partial charge in [0.2, 0.25) is 0 Å². The topological polar surface area (TPSA) is 64.1 Å². The maximum atomic E-state index is 5.60. The Bertz CT molecular complexity index is 179. The first-order valence-electron chi connectivity index (χ1n) is 5.00. The molecule has 1 aliphatic carbocycles. The van der Waals surface area contributed by atoms with Gasteiger partial charge >= 0.3 is 0 Å². The van der Waals surface area contributed by atoms with Crippen LogP contribution >= 0.6 is 0 Å². The Morgan fingerprint density at radius 3 is 2.77 bits per heavy atom. The molecule has 3 unspecified atom stereocenters. The summed E-state index contributed by atoms with van der Waals surface area (Å²) in [6.07, 6.45) is 3.48. The van der Waals surface area contributed by atoms with Crippen molar-refractivity contribution in [2.45, 2.75) is 26.2 Å². The summed E-state index contributed by atoms with van der Waals surface area (Å²) in [5.41, 5.74) is 9.18. The molecule has 5 N–H and O–H groups in total. The molecule has 1 saturated carbocycles. The fraction of sp³-hybridized carbons (Fsp3) is 0.800. The van der Waals surface area contributed by atoms with Gasteiger partial charge in [-0.3, -0.25) is 11.3 Å². The number of hydrogen-bond acceptors (Lipinski definition) is 3. The zero-order valence-electron chi connectivity index (χ0n) is 8.42. The van der Waals surface area contributed by atoms with E-state index < -0.39 is 0 Å². The summed E-state index contributed by atoms with van der Waals surface area (Å²) in [5.74, 6) is 7.53. The molecule has 0 aromatic rings. The van der Waals surface area contributed by atoms with Crippen molar-refractivity contribution in [2.24, 2.45) is 29.3 Å². The normalized spacial score (nSPS) is 33.5. The maximum absolute atomic E-state index is 5.60. The van der Waals surface area contributed by atoms with Crippen LogP contribution in [0.4, 0.5) is 0 Å². The lowest BCUT2D eigenvalue weighted by Gasteiger charge is -2.13. The van der Waals surface area contributed by atoms with Crippen LogP contribution < -0.4 is 17.0 Å². The predicted octanol–water partition coefficient (Wildman–Crippen LogP) is 0.975. The van der Waals surface area contributed by atoms with Crippen LogP contribution in [-0.4, -0.2) is 6.54 Å². The number of hydrazine groups is 1. The molecule has 1 aliphatic rings. The molecule has 0 aromatic heterocycles. The number of allylic oxidation sites excluding steroid dienone is 1. The van der Waals surface area contributed by atoms with Crippen LogP contribution in [0, 0.1) is 17.8 Å². The number of hydrogen-bond donors (Lipinski definition) is 3. The van der Waals surface area contributed by atoms with Crippen molar-refractivity contribution in [1.29, 1.82) is 0 Å². The lowest BCUT2D eigenvalue weighted by molar-refractivity contribution is 0.395. The summed E-state index contributed by atoms with van der Waals surface area (Å²) in [6, 6.07) is 0. The molecule has 1 fully saturated rings. The predicted molar refractivity (Wildman–Crippen MR) is 55.5 cm³/mol. The average Bonchev–Trinajstić information content (AvgIpc) is 2.31. The molecule has 0 heterocycles. The zero-order chi connectivity index (χ0) is 9.84. The number of nitrogens with two attached hydrogens (primary N) is 2. The van der Waals surface area contributed by atoms with Crippen molar-refractivity contribution in [3.05, 3.63) is 12.3 Å². The Morgan fingerprint density at radius 2 is 2.23 bits per heavy atom. The van der Waals surface area contributed by atoms with Crippen LogP contribution in [0.1, 0.15) is 26.2 Å². The van der Waals surface area contributed by atoms with Gasteiger partial charge in [0.1, 0.15) is 0 Å². The van der Waals surface area contributed by atoms with Gasteiger partial charge in [0.05, 0.1) is 0 Å². The minimum absolute atomic E-state index is 0.717. The van der Waals surface area contributed by atoms with Gasteiger partial charge in [-0.15, -0.1) is 0 Å². The molecule has 0 saturated heterocycles. The van der Waals surface area contributed by atoms with Gasteiger partial charge in [-0.2, -0.15) is 0 Å². The Balaban J connectivity index is 2.35. The second kappa shape index (κ2) is 4.63. The summed E-state index contributed by atoms with van der Waals surface area (Å²) in [6.45, 7) is 6.97. The van der Waals surface area contributed by atoms with E-state index in [1.54, 1.807) is 0 Å². The van der Waals surface area contributed by atoms with Crippen LogP contribution in [0.3, 0.4) is 0 Å². The van der Waals surface area contributed by atoms with E-state index in [4.69, 9.17) is 11.6 Å². The molecule has 1 rings (SSSR count). The third-order valence-corrected chi connectivity index (χ3v) is 3.08. The van der Waals surface area contributed by atoms with Gasteiger partial charge in [0, 0.05) is 12.2 Å². The van der Waals surface area contributed by atoms with Crippen molar-refractivity contribution in [1.82, 2.24) is 5.43 Å². The van der Waals surface area contributed by atoms with Crippen molar-refractivity contribution in [3.8, 4) is 0 Å². The van der Waals surface area contributed by atoms with E-state index >= 15 is 0 Å². The van der Waals surface area contributed by atoms with Crippen molar-refractivity contribution in [2.75, 3.05) is 6.54 Å². The van der Waals surface area contributed by atoms with Crippen molar-refractivity contribution in [3.63, 3.8) is 0 Å². The highest BCUT2D eigenvalue weighted by Gasteiger charge is 2.30. The quantitative estimate of drug-likeness (QED) is 0.449. The summed E-state index contributed by atoms with van der Waals surface area (Å²) in [4.78, 5) is 0. The zero-order valence-corrected chi connectivity index (χ0v) is 8.42. The standard InChI is InChI=1S/C10H21N3/c1-7-3-9(4-8(2)11)5-10(7)6-13-12/h7,9-10,13H,2-6,11-12H2,1H3. The van der Waals surface area contributed by atoms with Gasteiger partial charge in [-0.1, -0.05) is 13.5 Å². The first-order valence-corrected chi connectivity index (χ1v) is 5.00. The summed E-state index contributed by atoms with van der Waals surface area (Å²) >= 11 is 0. The van der Waals surface area contributed by atoms with Crippen LogP contribution in [0.15, 0.2) is 12.3 Å². The molecule has 0 aromatic carbocycles. The second-order valence-electron chi connectivity index (χ2n) is 4.35. The number of rotatable bonds is 4. The summed E-state index contributed by atoms with van der Waals surface area (Å²) in [7, 11) is 0. The minimum Gasteiger partial charge on any atom is -0.403 e. The molecule has 0 aliphatic heterocycles. The van der Waals surface area contributed by atoms with Gasteiger partial charge < -0.3 is 5.73 Å². The van der Waals surface area contributed by atoms with Gasteiger partial charge in [-0.05, 0) is 37.0 Å². The van der Waals surface area contributed by atoms with E-state index in [2.05, 4.69) is 18.9 Å². The third kappa shape index (κ3) is 3.01. The third-order valence-electron chi connectivity index (χ3n) is 3.08. The molecule has 0 radical (unpaired) electrons. The first kappa shape index (κ1) is 10.5. The van der Waals surface area contributed by atoms with E-state index in [1.807, 2.05) is 0 Å². The van der Waals surface area contributed by atoms with Crippen LogP contribution in [0.2, 0.25) is 0 Å². The lowest BCUT2D eigenvalue weighted by atomic mass is 9.99. The van der Waals surface area contributed by atoms with Crippen LogP contribution in [0.25, 0.3) is 0 Å². The molecule has 13 heavy (non-hydrogen) atoms. The largest absolute Gasteiger partial charge is 0.403 e. The highest BCUT2D eigenvalue weighted by atomic mass is 15.2. The first-order chi connectivity index (χ1) is 6.13. The highest BCUT2D eigenvalue weighted by molar-refractivity contribution is 4.93. The molecule has 0 bridgehead atoms. The fourth-order valence-electron chi connectivity index (χ4n) is 2.45. The SMILES string of the molecule is C=C(N)CC1CC(C)C(CNN)C1. The van der Waals surface area contributed by atoms with E-state index in [-0.39, 0.29) is 0 Å². The average molecular weight is 183 g/mol. The minimum atomic E-state index is 0.717. The van der Waals surface area contributed by atoms with Gasteiger partial charge in [0.25, 0.3) is 0 Å². The number of nitrogens with one attached hydrogen (secondary N) is 1. The molecular weight excluding hydrogens is 162 g/mol. The molecule has 0 spiro atoms. The monoisotopic (exact) mass is 183 g/mol. The molecule has 3 nitrogen and oxygen atoms in total. The smallest absolute Gasteiger partial charge is 0.0128 e. The Hall–Kier alpha value is -0.540. The molecule has 3 atom stereocenters. The Labute approximate surface area is 80.5 Å². The van der Waals surface area contributed by atoms with E-state index in [0.29, 0.717) is 5.92 Å². The second-order valence-corrected chi connectivity index (χ2v) is 4.35. The van der Waals surface area contributed by atoms with E-state index in [9.17, 15) is 0 Å². The molecule has 0 amide bonds. The van der Waals surface area contributed by atoms with Gasteiger partial charge in [-0.25, -0.2) is 0 Å². The lowest BCUT2D eigenvalue weighted by Crippen LogP contribution is -2.29. The highest BCUT2D eigenvalue weighted by Crippen LogP contribution is 2.38. The maximum Gasteiger partial charge on any atom is 0.0128 e. The Morgan fingerprint density at radius 1 is 1.54 bits per heavy atom. The van der Waals surface area contributed by atoms with E-state index in [1.165, 1.54) is 12.8 Å². The molecule has 76 valence electrons. The van der Waals surface area contributed by atoms with E-state index in [0.717, 1.165) is 30.5 Å². The summed E-state index contributed by atoms with van der Waals surface area (Å²) in [5, 5.41) is 0. The van der Waals surface area contributed by atoms with Crippen LogP contribution in [0.5, 0.6) is 0 Å².